The fraction of sp³-hybridized carbons (Fsp3) is 0.167. The highest BCUT2D eigenvalue weighted by Crippen LogP contribution is 2.35. The molecule has 1 aromatic heterocycles. The number of benzene rings is 1. The van der Waals surface area contributed by atoms with E-state index in [1.165, 1.54) is 6.07 Å². The van der Waals surface area contributed by atoms with Crippen LogP contribution >= 0.6 is 0 Å². The number of hydrogen-bond acceptors (Lipinski definition) is 2. The van der Waals surface area contributed by atoms with Crippen LogP contribution in [-0.4, -0.2) is 10.2 Å². The van der Waals surface area contributed by atoms with Crippen molar-refractivity contribution in [2.24, 2.45) is 0 Å². The lowest BCUT2D eigenvalue weighted by molar-refractivity contribution is -0.141. The first-order chi connectivity index (χ1) is 9.64. The molecule has 9 heteroatoms. The third kappa shape index (κ3) is 2.84. The first-order valence-electron chi connectivity index (χ1n) is 5.38. The molecule has 1 heterocycles. The largest absolute Gasteiger partial charge is 0.434 e. The van der Waals surface area contributed by atoms with Crippen molar-refractivity contribution in [1.29, 1.82) is 5.26 Å². The van der Waals surface area contributed by atoms with E-state index in [1.54, 1.807) is 5.10 Å². The number of aromatic nitrogens is 2. The van der Waals surface area contributed by atoms with Gasteiger partial charge in [-0.3, -0.25) is 5.10 Å². The molecule has 0 radical (unpaired) electrons. The van der Waals surface area contributed by atoms with Crippen molar-refractivity contribution in [3.05, 3.63) is 41.1 Å². The third-order valence-corrected chi connectivity index (χ3v) is 2.65. The topological polar surface area (TPSA) is 52.5 Å². The second-order valence-electron chi connectivity index (χ2n) is 4.01. The van der Waals surface area contributed by atoms with E-state index in [1.807, 2.05) is 0 Å². The maximum Gasteiger partial charge on any atom is 0.434 e. The minimum Gasteiger partial charge on any atom is -0.272 e. The second-order valence-corrected chi connectivity index (χ2v) is 4.01. The van der Waals surface area contributed by atoms with Crippen LogP contribution in [0.15, 0.2) is 24.3 Å². The Morgan fingerprint density at radius 2 is 1.52 bits per heavy atom. The van der Waals surface area contributed by atoms with Crippen molar-refractivity contribution in [3.63, 3.8) is 0 Å². The summed E-state index contributed by atoms with van der Waals surface area (Å²) in [5.41, 5.74) is -3.41. The minimum atomic E-state index is -4.80. The van der Waals surface area contributed by atoms with Gasteiger partial charge in [0.25, 0.3) is 0 Å². The summed E-state index contributed by atoms with van der Waals surface area (Å²) in [7, 11) is 0. The molecule has 0 saturated heterocycles. The molecule has 3 nitrogen and oxygen atoms in total. The Kier molecular flexibility index (Phi) is 3.41. The predicted octanol–water partition coefficient (Wildman–Crippen LogP) is 3.99. The van der Waals surface area contributed by atoms with Crippen LogP contribution in [0.4, 0.5) is 26.3 Å². The fourth-order valence-corrected chi connectivity index (χ4v) is 1.68. The molecule has 0 saturated carbocycles. The first kappa shape index (κ1) is 14.9. The quantitative estimate of drug-likeness (QED) is 0.810. The third-order valence-electron chi connectivity index (χ3n) is 2.65. The van der Waals surface area contributed by atoms with Crippen molar-refractivity contribution in [1.82, 2.24) is 10.2 Å². The number of aromatic amines is 1. The predicted molar refractivity (Wildman–Crippen MR) is 58.7 cm³/mol. The summed E-state index contributed by atoms with van der Waals surface area (Å²) in [6.07, 6.45) is -9.36. The Morgan fingerprint density at radius 3 is 1.95 bits per heavy atom. The summed E-state index contributed by atoms with van der Waals surface area (Å²) in [5, 5.41) is 13.9. The number of nitriles is 1. The van der Waals surface area contributed by atoms with Crippen molar-refractivity contribution < 1.29 is 26.3 Å². The Morgan fingerprint density at radius 1 is 0.952 bits per heavy atom. The molecule has 0 fully saturated rings. The zero-order valence-electron chi connectivity index (χ0n) is 9.97. The fourth-order valence-electron chi connectivity index (χ4n) is 1.68. The second kappa shape index (κ2) is 4.80. The number of hydrogen-bond donors (Lipinski definition) is 1. The maximum atomic E-state index is 12.6. The lowest BCUT2D eigenvalue weighted by Crippen LogP contribution is -2.07. The molecule has 0 unspecified atom stereocenters. The van der Waals surface area contributed by atoms with Gasteiger partial charge in [0.05, 0.1) is 5.56 Å². The van der Waals surface area contributed by atoms with Crippen LogP contribution in [0.5, 0.6) is 0 Å². The molecule has 1 aromatic carbocycles. The van der Waals surface area contributed by atoms with Crippen LogP contribution in [0, 0.1) is 11.3 Å². The molecule has 0 bridgehead atoms. The van der Waals surface area contributed by atoms with Crippen molar-refractivity contribution in [3.8, 4) is 17.3 Å². The van der Waals surface area contributed by atoms with E-state index < -0.39 is 29.2 Å². The number of alkyl halides is 6. The molecule has 0 spiro atoms. The molecule has 0 atom stereocenters. The van der Waals surface area contributed by atoms with Gasteiger partial charge >= 0.3 is 12.4 Å². The van der Waals surface area contributed by atoms with E-state index in [2.05, 4.69) is 5.10 Å². The molecule has 110 valence electrons. The number of rotatable bonds is 1. The molecule has 0 aliphatic rings. The van der Waals surface area contributed by atoms with Gasteiger partial charge in [-0.15, -0.1) is 0 Å². The van der Waals surface area contributed by atoms with E-state index in [0.717, 1.165) is 12.1 Å². The molecule has 0 amide bonds. The highest BCUT2D eigenvalue weighted by atomic mass is 19.4. The van der Waals surface area contributed by atoms with Gasteiger partial charge in [-0.2, -0.15) is 36.7 Å². The summed E-state index contributed by atoms with van der Waals surface area (Å²) in [6.45, 7) is 0. The molecule has 1 N–H and O–H groups in total. The molecule has 2 rings (SSSR count). The van der Waals surface area contributed by atoms with Gasteiger partial charge < -0.3 is 0 Å². The summed E-state index contributed by atoms with van der Waals surface area (Å²) >= 11 is 0. The van der Waals surface area contributed by atoms with Crippen LogP contribution < -0.4 is 0 Å². The van der Waals surface area contributed by atoms with Crippen LogP contribution in [0.25, 0.3) is 11.3 Å². The van der Waals surface area contributed by atoms with E-state index in [4.69, 9.17) is 5.26 Å². The summed E-state index contributed by atoms with van der Waals surface area (Å²) < 4.78 is 75.1. The van der Waals surface area contributed by atoms with Gasteiger partial charge in [0.2, 0.25) is 0 Å². The Hall–Kier alpha value is -2.50. The maximum absolute atomic E-state index is 12.6. The van der Waals surface area contributed by atoms with Crippen LogP contribution in [0.2, 0.25) is 0 Å². The van der Waals surface area contributed by atoms with E-state index in [-0.39, 0.29) is 11.3 Å². The Balaban J connectivity index is 2.49. The van der Waals surface area contributed by atoms with E-state index in [9.17, 15) is 26.3 Å². The first-order valence-corrected chi connectivity index (χ1v) is 5.38. The molecule has 21 heavy (non-hydrogen) atoms. The van der Waals surface area contributed by atoms with Gasteiger partial charge in [0.15, 0.2) is 5.69 Å². The standard InChI is InChI=1S/C12H5F6N3/c13-11(14,15)7-3-1-6(2-4-7)9-8(5-19)10(21-20-9)12(16,17)18/h1-4H,(H,20,21). The monoisotopic (exact) mass is 305 g/mol. The number of halogens is 6. The van der Waals surface area contributed by atoms with Crippen molar-refractivity contribution in [2.75, 3.05) is 0 Å². The zero-order chi connectivity index (χ0) is 15.8. The molecular formula is C12H5F6N3. The Bertz CT molecular complexity index is 688. The SMILES string of the molecule is N#Cc1c(-c2ccc(C(F)(F)F)cc2)n[nH]c1C(F)(F)F. The average Bonchev–Trinajstić information content (AvgIpc) is 2.81. The molecule has 0 aliphatic heterocycles. The number of nitrogens with zero attached hydrogens (tertiary/aromatic N) is 2. The summed E-state index contributed by atoms with van der Waals surface area (Å²) in [6, 6.07) is 4.69. The zero-order valence-corrected chi connectivity index (χ0v) is 9.97. The molecular weight excluding hydrogens is 300 g/mol. The van der Waals surface area contributed by atoms with Gasteiger partial charge in [-0.25, -0.2) is 0 Å². The van der Waals surface area contributed by atoms with Crippen LogP contribution in [0.1, 0.15) is 16.8 Å². The van der Waals surface area contributed by atoms with Crippen LogP contribution in [-0.2, 0) is 12.4 Å². The summed E-state index contributed by atoms with van der Waals surface area (Å²) in [5.74, 6) is 0. The van der Waals surface area contributed by atoms with Gasteiger partial charge in [-0.05, 0) is 12.1 Å². The normalized spacial score (nSPS) is 12.2. The summed E-state index contributed by atoms with van der Waals surface area (Å²) in [4.78, 5) is 0. The van der Waals surface area contributed by atoms with Gasteiger partial charge in [0, 0.05) is 5.56 Å². The van der Waals surface area contributed by atoms with Crippen molar-refractivity contribution >= 4 is 0 Å². The minimum absolute atomic E-state index is 0.0219. The Labute approximate surface area is 113 Å². The highest BCUT2D eigenvalue weighted by molar-refractivity contribution is 5.68. The lowest BCUT2D eigenvalue weighted by Gasteiger charge is -2.07. The highest BCUT2D eigenvalue weighted by Gasteiger charge is 2.38. The smallest absolute Gasteiger partial charge is 0.272 e. The van der Waals surface area contributed by atoms with Crippen LogP contribution in [0.3, 0.4) is 0 Å². The van der Waals surface area contributed by atoms with E-state index >= 15 is 0 Å². The number of H-pyrrole nitrogens is 1. The molecule has 0 aliphatic carbocycles. The average molecular weight is 305 g/mol. The van der Waals surface area contributed by atoms with Gasteiger partial charge in [-0.1, -0.05) is 12.1 Å². The van der Waals surface area contributed by atoms with Crippen molar-refractivity contribution in [2.45, 2.75) is 12.4 Å². The van der Waals surface area contributed by atoms with Gasteiger partial charge in [0.1, 0.15) is 17.3 Å². The number of nitrogens with one attached hydrogen (secondary N) is 1. The lowest BCUT2D eigenvalue weighted by atomic mass is 10.0. The van der Waals surface area contributed by atoms with E-state index in [0.29, 0.717) is 12.1 Å². The molecule has 2 aromatic rings.